The second-order valence-corrected chi connectivity index (χ2v) is 9.73. The Bertz CT molecular complexity index is 939. The number of ether oxygens (including phenoxy) is 3. The molecule has 1 saturated heterocycles. The zero-order valence-corrected chi connectivity index (χ0v) is 21.1. The fourth-order valence-electron chi connectivity index (χ4n) is 4.77. The molecule has 2 aliphatic rings. The van der Waals surface area contributed by atoms with Crippen LogP contribution in [0.25, 0.3) is 0 Å². The number of anilines is 1. The van der Waals surface area contributed by atoms with Crippen molar-refractivity contribution < 1.29 is 19.0 Å². The molecule has 3 heterocycles. The molecule has 4 rings (SSSR count). The Labute approximate surface area is 209 Å². The second kappa shape index (κ2) is 13.0. The fraction of sp³-hybridized carbons (Fsp3) is 0.571. The van der Waals surface area contributed by atoms with Crippen LogP contribution in [0.2, 0.25) is 0 Å². The van der Waals surface area contributed by atoms with Crippen LogP contribution in [0.5, 0.6) is 5.75 Å². The summed E-state index contributed by atoms with van der Waals surface area (Å²) in [5.41, 5.74) is 2.52. The van der Waals surface area contributed by atoms with Crippen molar-refractivity contribution in [1.29, 1.82) is 0 Å². The smallest absolute Gasteiger partial charge is 0.340 e. The van der Waals surface area contributed by atoms with Crippen LogP contribution < -0.4 is 10.1 Å². The molecule has 1 N–H and O–H groups in total. The normalized spacial score (nSPS) is 19.5. The predicted octanol–water partition coefficient (Wildman–Crippen LogP) is 4.11. The maximum Gasteiger partial charge on any atom is 0.340 e. The van der Waals surface area contributed by atoms with Crippen molar-refractivity contribution in [2.75, 3.05) is 45.2 Å². The van der Waals surface area contributed by atoms with Crippen LogP contribution in [-0.4, -0.2) is 68.0 Å². The third-order valence-corrected chi connectivity index (χ3v) is 7.00. The molecule has 0 saturated carbocycles. The summed E-state index contributed by atoms with van der Waals surface area (Å²) >= 11 is 0. The van der Waals surface area contributed by atoms with Crippen LogP contribution in [0.1, 0.15) is 43.9 Å². The molecular weight excluding hydrogens is 442 g/mol. The molecule has 2 aromatic rings. The van der Waals surface area contributed by atoms with Gasteiger partial charge in [-0.2, -0.15) is 0 Å². The summed E-state index contributed by atoms with van der Waals surface area (Å²) in [5.74, 6) is 1.93. The first-order valence-electron chi connectivity index (χ1n) is 13.0. The van der Waals surface area contributed by atoms with E-state index in [4.69, 9.17) is 19.2 Å². The number of fused-ring (bicyclic) bond motifs is 1. The number of hydrogen-bond acceptors (Lipinski definition) is 7. The molecule has 1 aromatic carbocycles. The number of aromatic nitrogens is 1. The number of nitrogens with one attached hydrogen (secondary N) is 1. The van der Waals surface area contributed by atoms with Crippen LogP contribution in [0.4, 0.5) is 5.82 Å². The first kappa shape index (κ1) is 25.6. The van der Waals surface area contributed by atoms with Crippen molar-refractivity contribution in [2.24, 2.45) is 5.92 Å². The standard InChI is InChI=1S/C28H39N3O4/c1-21(33-2)20-34-26(28(32)35-25-8-4-3-5-9-25)15-18-31-17-14-22(19-31)10-12-24-13-11-23-7-6-16-29-27(23)30-24/h3-5,8-9,11,13,21-22,26H,6-7,10,12,14-20H2,1-2H3,(H,29,30). The van der Waals surface area contributed by atoms with E-state index in [1.54, 1.807) is 19.2 Å². The molecule has 190 valence electrons. The number of rotatable bonds is 12. The van der Waals surface area contributed by atoms with Gasteiger partial charge in [0, 0.05) is 32.4 Å². The minimum absolute atomic E-state index is 0.0782. The van der Waals surface area contributed by atoms with E-state index < -0.39 is 6.10 Å². The highest BCUT2D eigenvalue weighted by molar-refractivity contribution is 5.77. The van der Waals surface area contributed by atoms with E-state index in [1.165, 1.54) is 24.1 Å². The Kier molecular flexibility index (Phi) is 9.51. The SMILES string of the molecule is COC(C)COC(CCN1CCC(CCc2ccc3c(n2)NCCC3)C1)C(=O)Oc1ccccc1. The maximum absolute atomic E-state index is 12.8. The van der Waals surface area contributed by atoms with Crippen molar-refractivity contribution >= 4 is 11.8 Å². The lowest BCUT2D eigenvalue weighted by Gasteiger charge is -2.22. The quantitative estimate of drug-likeness (QED) is 0.361. The summed E-state index contributed by atoms with van der Waals surface area (Å²) in [6.45, 7) is 6.23. The lowest BCUT2D eigenvalue weighted by atomic mass is 10.00. The van der Waals surface area contributed by atoms with Gasteiger partial charge in [-0.15, -0.1) is 0 Å². The first-order chi connectivity index (χ1) is 17.1. The molecule has 0 spiro atoms. The van der Waals surface area contributed by atoms with E-state index in [9.17, 15) is 4.79 Å². The van der Waals surface area contributed by atoms with Gasteiger partial charge < -0.3 is 24.4 Å². The third-order valence-electron chi connectivity index (χ3n) is 7.00. The van der Waals surface area contributed by atoms with Gasteiger partial charge in [-0.3, -0.25) is 0 Å². The number of nitrogens with zero attached hydrogens (tertiary/aromatic N) is 2. The van der Waals surface area contributed by atoms with Crippen molar-refractivity contribution in [3.05, 3.63) is 53.7 Å². The number of benzene rings is 1. The number of aryl methyl sites for hydroxylation is 2. The van der Waals surface area contributed by atoms with Crippen molar-refractivity contribution in [1.82, 2.24) is 9.88 Å². The van der Waals surface area contributed by atoms with Crippen molar-refractivity contribution in [3.63, 3.8) is 0 Å². The van der Waals surface area contributed by atoms with E-state index in [-0.39, 0.29) is 12.1 Å². The Balaban J connectivity index is 1.24. The molecule has 2 aliphatic heterocycles. The Hall–Kier alpha value is -2.48. The fourth-order valence-corrected chi connectivity index (χ4v) is 4.77. The number of methoxy groups -OCH3 is 1. The number of para-hydroxylation sites is 1. The molecule has 3 unspecified atom stereocenters. The van der Waals surface area contributed by atoms with Gasteiger partial charge in [0.1, 0.15) is 11.6 Å². The predicted molar refractivity (Wildman–Crippen MR) is 137 cm³/mol. The van der Waals surface area contributed by atoms with Crippen LogP contribution in [0, 0.1) is 5.92 Å². The van der Waals surface area contributed by atoms with Gasteiger partial charge in [0.2, 0.25) is 0 Å². The van der Waals surface area contributed by atoms with Crippen LogP contribution in [0.3, 0.4) is 0 Å². The summed E-state index contributed by atoms with van der Waals surface area (Å²) in [6.07, 6.45) is 5.57. The molecule has 1 fully saturated rings. The summed E-state index contributed by atoms with van der Waals surface area (Å²) in [6, 6.07) is 13.6. The third kappa shape index (κ3) is 7.75. The summed E-state index contributed by atoms with van der Waals surface area (Å²) < 4.78 is 16.8. The van der Waals surface area contributed by atoms with Gasteiger partial charge in [-0.1, -0.05) is 24.3 Å². The molecule has 35 heavy (non-hydrogen) atoms. The number of carbonyl (C=O) groups excluding carboxylic acids is 1. The number of esters is 1. The van der Waals surface area contributed by atoms with Gasteiger partial charge in [-0.05, 0) is 81.7 Å². The van der Waals surface area contributed by atoms with Crippen LogP contribution >= 0.6 is 0 Å². The second-order valence-electron chi connectivity index (χ2n) is 9.73. The lowest BCUT2D eigenvalue weighted by molar-refractivity contribution is -0.150. The molecule has 0 amide bonds. The molecule has 7 nitrogen and oxygen atoms in total. The van der Waals surface area contributed by atoms with Crippen molar-refractivity contribution in [2.45, 2.75) is 57.7 Å². The van der Waals surface area contributed by atoms with E-state index in [1.807, 2.05) is 25.1 Å². The Morgan fingerprint density at radius 3 is 2.91 bits per heavy atom. The van der Waals surface area contributed by atoms with Gasteiger partial charge in [0.25, 0.3) is 0 Å². The molecule has 0 aliphatic carbocycles. The highest BCUT2D eigenvalue weighted by Gasteiger charge is 2.27. The average Bonchev–Trinajstić information content (AvgIpc) is 3.35. The minimum Gasteiger partial charge on any atom is -0.425 e. The molecule has 0 radical (unpaired) electrons. The van der Waals surface area contributed by atoms with Gasteiger partial charge in [0.05, 0.1) is 12.7 Å². The number of likely N-dealkylation sites (tertiary alicyclic amines) is 1. The summed E-state index contributed by atoms with van der Waals surface area (Å²) in [4.78, 5) is 20.1. The first-order valence-corrected chi connectivity index (χ1v) is 13.0. The zero-order chi connectivity index (χ0) is 24.5. The summed E-state index contributed by atoms with van der Waals surface area (Å²) in [5, 5.41) is 3.43. The number of hydrogen-bond donors (Lipinski definition) is 1. The van der Waals surface area contributed by atoms with E-state index >= 15 is 0 Å². The van der Waals surface area contributed by atoms with Crippen LogP contribution in [0.15, 0.2) is 42.5 Å². The van der Waals surface area contributed by atoms with Crippen molar-refractivity contribution in [3.8, 4) is 5.75 Å². The van der Waals surface area contributed by atoms with E-state index in [2.05, 4.69) is 22.3 Å². The number of pyridine rings is 1. The number of carbonyl (C=O) groups is 1. The van der Waals surface area contributed by atoms with Crippen LogP contribution in [-0.2, 0) is 27.1 Å². The summed E-state index contributed by atoms with van der Waals surface area (Å²) in [7, 11) is 1.64. The maximum atomic E-state index is 12.8. The average molecular weight is 482 g/mol. The topological polar surface area (TPSA) is 72.9 Å². The largest absolute Gasteiger partial charge is 0.425 e. The van der Waals surface area contributed by atoms with Gasteiger partial charge in [0.15, 0.2) is 6.10 Å². The Morgan fingerprint density at radius 2 is 2.09 bits per heavy atom. The molecule has 1 aromatic heterocycles. The highest BCUT2D eigenvalue weighted by Crippen LogP contribution is 2.24. The van der Waals surface area contributed by atoms with Gasteiger partial charge >= 0.3 is 5.97 Å². The molecule has 7 heteroatoms. The minimum atomic E-state index is -0.612. The lowest BCUT2D eigenvalue weighted by Crippen LogP contribution is -2.35. The zero-order valence-electron chi connectivity index (χ0n) is 21.1. The van der Waals surface area contributed by atoms with Gasteiger partial charge in [-0.25, -0.2) is 9.78 Å². The molecule has 3 atom stereocenters. The Morgan fingerprint density at radius 1 is 1.23 bits per heavy atom. The molecular formula is C28H39N3O4. The van der Waals surface area contributed by atoms with E-state index in [0.29, 0.717) is 24.7 Å². The molecule has 0 bridgehead atoms. The monoisotopic (exact) mass is 481 g/mol. The highest BCUT2D eigenvalue weighted by atomic mass is 16.6. The van der Waals surface area contributed by atoms with E-state index in [0.717, 1.165) is 51.3 Å².